The summed E-state index contributed by atoms with van der Waals surface area (Å²) in [5.41, 5.74) is -0.605. The summed E-state index contributed by atoms with van der Waals surface area (Å²) in [5.74, 6) is -6.04. The van der Waals surface area contributed by atoms with Gasteiger partial charge in [0.1, 0.15) is 11.8 Å². The standard InChI is InChI=1S/C51H80N2O11/c1-11-37(46(56)57)39-20-19-30(4)44(61-39)34(8)42(54)33(7)43(55)38(12-2)45-31(5)29-32(6)50(62-45)25-21-40(53-47(58)52-28-23-36-17-15-14-16-18-36)51(64-50)27-26-48(10,63-51)41-22-24-49(59,13-3)35(9)60-41/h14-18,21,25,30-35,37-42,44-45,54,59H,11-13,19-20,22-24,26-29H2,1-10H3,(H,56,57)(H2,52,53,58)/t30-,31-,32+,33-,34-,35-,37+,38?,39+,40?,41+,42+,44+,45-,48-,49+,50-,51-/m0/s1. The minimum absolute atomic E-state index is 0.0239. The molecule has 360 valence electrons. The van der Waals surface area contributed by atoms with Crippen LogP contribution in [0.15, 0.2) is 42.5 Å². The maximum absolute atomic E-state index is 14.7. The van der Waals surface area contributed by atoms with Gasteiger partial charge in [-0.2, -0.15) is 0 Å². The largest absolute Gasteiger partial charge is 0.481 e. The summed E-state index contributed by atoms with van der Waals surface area (Å²) in [6, 6.07) is 8.94. The first kappa shape index (κ1) is 50.5. The predicted molar refractivity (Wildman–Crippen MR) is 243 cm³/mol. The van der Waals surface area contributed by atoms with E-state index < -0.39 is 89.0 Å². The topological polar surface area (TPSA) is 182 Å². The number of Topliss-reactive ketones (excluding diaryl/α,β-unsaturated/α-hetero) is 1. The average molecular weight is 897 g/mol. The second kappa shape index (κ2) is 20.5. The van der Waals surface area contributed by atoms with Crippen molar-refractivity contribution < 1.29 is 53.4 Å². The highest BCUT2D eigenvalue weighted by Crippen LogP contribution is 2.54. The molecular formula is C51H80N2O11. The van der Waals surface area contributed by atoms with Crippen LogP contribution in [0.2, 0.25) is 0 Å². The number of aliphatic hydroxyl groups excluding tert-OH is 1. The summed E-state index contributed by atoms with van der Waals surface area (Å²) < 4.78 is 34.7. The minimum Gasteiger partial charge on any atom is -0.481 e. The SMILES string of the molecule is CCC(C(=O)[C@@H](C)[C@@H](O)[C@H](C)[C@@H]1O[C@@H]([C@@H](CC)C(=O)O)CC[C@@H]1C)[C@H]1O[C@]2(C=CC(NC(=O)NCCc3ccccc3)[C@]3(CC[C@@](C)([C@H]4CC[C@](O)(CC)[C@H](C)O4)O3)O2)[C@H](C)C[C@@H]1C. The van der Waals surface area contributed by atoms with E-state index in [4.69, 9.17) is 23.7 Å². The van der Waals surface area contributed by atoms with Crippen LogP contribution >= 0.6 is 0 Å². The van der Waals surface area contributed by atoms with Crippen LogP contribution in [0.25, 0.3) is 0 Å². The summed E-state index contributed by atoms with van der Waals surface area (Å²) in [4.78, 5) is 40.4. The monoisotopic (exact) mass is 897 g/mol. The molecule has 6 rings (SSSR count). The fraction of sp³-hybridized carbons (Fsp3) is 0.784. The van der Waals surface area contributed by atoms with Crippen LogP contribution in [0.5, 0.6) is 0 Å². The van der Waals surface area contributed by atoms with Gasteiger partial charge in [-0.15, -0.1) is 0 Å². The van der Waals surface area contributed by atoms with E-state index in [2.05, 4.69) is 31.4 Å². The Bertz CT molecular complexity index is 1780. The number of nitrogens with one attached hydrogen (secondary N) is 2. The van der Waals surface area contributed by atoms with E-state index in [9.17, 15) is 29.7 Å². The number of rotatable bonds is 16. The Balaban J connectivity index is 1.22. The first-order valence-corrected chi connectivity index (χ1v) is 24.6. The second-order valence-corrected chi connectivity index (χ2v) is 20.6. The van der Waals surface area contributed by atoms with Gasteiger partial charge in [0.2, 0.25) is 0 Å². The Labute approximate surface area is 382 Å². The molecule has 0 saturated carbocycles. The van der Waals surface area contributed by atoms with E-state index in [1.165, 1.54) is 0 Å². The number of amides is 2. The van der Waals surface area contributed by atoms with Crippen LogP contribution in [-0.4, -0.2) is 105 Å². The Morgan fingerprint density at radius 2 is 1.58 bits per heavy atom. The first-order chi connectivity index (χ1) is 30.3. The van der Waals surface area contributed by atoms with Crippen molar-refractivity contribution in [3.8, 4) is 0 Å². The molecule has 0 radical (unpaired) electrons. The Hall–Kier alpha value is -2.91. The molecule has 5 N–H and O–H groups in total. The van der Waals surface area contributed by atoms with Gasteiger partial charge in [-0.1, -0.05) is 91.8 Å². The highest BCUT2D eigenvalue weighted by molar-refractivity contribution is 5.84. The van der Waals surface area contributed by atoms with Crippen LogP contribution in [0, 0.1) is 41.4 Å². The molecule has 0 aromatic heterocycles. The number of hydrogen-bond donors (Lipinski definition) is 5. The summed E-state index contributed by atoms with van der Waals surface area (Å²) in [6.45, 7) is 20.1. The number of aliphatic hydroxyl groups is 2. The Kier molecular flexibility index (Phi) is 16.2. The quantitative estimate of drug-likeness (QED) is 0.102. The minimum atomic E-state index is -1.35. The number of urea groups is 1. The van der Waals surface area contributed by atoms with Crippen molar-refractivity contribution >= 4 is 17.8 Å². The lowest BCUT2D eigenvalue weighted by Crippen LogP contribution is -2.66. The van der Waals surface area contributed by atoms with E-state index >= 15 is 0 Å². The summed E-state index contributed by atoms with van der Waals surface area (Å²) >= 11 is 0. The van der Waals surface area contributed by atoms with Crippen LogP contribution in [-0.2, 0) is 39.7 Å². The Morgan fingerprint density at radius 1 is 0.875 bits per heavy atom. The lowest BCUT2D eigenvalue weighted by atomic mass is 9.72. The zero-order valence-corrected chi connectivity index (χ0v) is 40.2. The molecule has 5 aliphatic heterocycles. The lowest BCUT2D eigenvalue weighted by Gasteiger charge is -2.55. The number of carboxylic acids is 1. The molecule has 2 unspecified atom stereocenters. The number of carbonyl (C=O) groups excluding carboxylic acids is 2. The van der Waals surface area contributed by atoms with Gasteiger partial charge in [0.25, 0.3) is 0 Å². The van der Waals surface area contributed by atoms with E-state index in [0.717, 1.165) is 12.0 Å². The molecule has 0 aliphatic carbocycles. The van der Waals surface area contributed by atoms with Crippen molar-refractivity contribution in [3.63, 3.8) is 0 Å². The van der Waals surface area contributed by atoms with Crippen LogP contribution in [0.3, 0.4) is 0 Å². The van der Waals surface area contributed by atoms with Gasteiger partial charge < -0.3 is 49.6 Å². The van der Waals surface area contributed by atoms with E-state index in [-0.39, 0.29) is 35.7 Å². The third kappa shape index (κ3) is 10.3. The van der Waals surface area contributed by atoms with Gasteiger partial charge >= 0.3 is 12.0 Å². The number of carbonyl (C=O) groups is 3. The van der Waals surface area contributed by atoms with Crippen molar-refractivity contribution in [2.75, 3.05) is 6.54 Å². The summed E-state index contributed by atoms with van der Waals surface area (Å²) in [6.07, 6.45) is 7.18. The van der Waals surface area contributed by atoms with Gasteiger partial charge in [-0.25, -0.2) is 4.79 Å². The third-order valence-electron chi connectivity index (χ3n) is 16.3. The number of aliphatic carboxylic acids is 1. The molecule has 2 amide bonds. The molecule has 18 atom stereocenters. The molecule has 13 nitrogen and oxygen atoms in total. The van der Waals surface area contributed by atoms with Gasteiger partial charge in [-0.3, -0.25) is 9.59 Å². The summed E-state index contributed by atoms with van der Waals surface area (Å²) in [5, 5.41) is 39.2. The van der Waals surface area contributed by atoms with Crippen molar-refractivity contribution in [1.82, 2.24) is 10.6 Å². The fourth-order valence-corrected chi connectivity index (χ4v) is 11.8. The van der Waals surface area contributed by atoms with Gasteiger partial charge in [0.15, 0.2) is 11.6 Å². The predicted octanol–water partition coefficient (Wildman–Crippen LogP) is 7.74. The molecule has 2 spiro atoms. The fourth-order valence-electron chi connectivity index (χ4n) is 11.8. The van der Waals surface area contributed by atoms with Crippen LogP contribution in [0.1, 0.15) is 139 Å². The smallest absolute Gasteiger partial charge is 0.315 e. The van der Waals surface area contributed by atoms with Crippen LogP contribution in [0.4, 0.5) is 4.79 Å². The summed E-state index contributed by atoms with van der Waals surface area (Å²) in [7, 11) is 0. The molecule has 1 aromatic carbocycles. The zero-order chi connectivity index (χ0) is 46.8. The number of ether oxygens (including phenoxy) is 5. The highest BCUT2D eigenvalue weighted by Gasteiger charge is 2.63. The molecule has 13 heteroatoms. The zero-order valence-electron chi connectivity index (χ0n) is 40.2. The van der Waals surface area contributed by atoms with Gasteiger partial charge in [0.05, 0.1) is 53.7 Å². The molecule has 4 fully saturated rings. The maximum Gasteiger partial charge on any atom is 0.315 e. The normalized spacial score (nSPS) is 40.0. The average Bonchev–Trinajstić information content (AvgIpc) is 3.61. The molecule has 1 aromatic rings. The highest BCUT2D eigenvalue weighted by atomic mass is 16.8. The molecule has 0 bridgehead atoms. The second-order valence-electron chi connectivity index (χ2n) is 20.6. The molecule has 5 aliphatic rings. The van der Waals surface area contributed by atoms with Crippen molar-refractivity contribution in [2.24, 2.45) is 41.4 Å². The molecule has 4 saturated heterocycles. The van der Waals surface area contributed by atoms with Gasteiger partial charge in [0, 0.05) is 36.6 Å². The van der Waals surface area contributed by atoms with Crippen LogP contribution < -0.4 is 10.6 Å². The van der Waals surface area contributed by atoms with Crippen molar-refractivity contribution in [3.05, 3.63) is 48.0 Å². The van der Waals surface area contributed by atoms with E-state index in [1.807, 2.05) is 84.0 Å². The number of ketones is 1. The lowest BCUT2D eigenvalue weighted by molar-refractivity contribution is -0.397. The first-order valence-electron chi connectivity index (χ1n) is 24.6. The molecule has 5 heterocycles. The number of hydrogen-bond acceptors (Lipinski definition) is 10. The Morgan fingerprint density at radius 3 is 2.22 bits per heavy atom. The third-order valence-corrected chi connectivity index (χ3v) is 16.3. The number of benzene rings is 1. The van der Waals surface area contributed by atoms with E-state index in [0.29, 0.717) is 70.8 Å². The maximum atomic E-state index is 14.7. The number of carboxylic acid groups (broad SMARTS) is 1. The molecule has 64 heavy (non-hydrogen) atoms. The van der Waals surface area contributed by atoms with E-state index in [1.54, 1.807) is 6.92 Å². The molecular weight excluding hydrogens is 817 g/mol. The van der Waals surface area contributed by atoms with Gasteiger partial charge in [-0.05, 0) is 102 Å². The van der Waals surface area contributed by atoms with Crippen molar-refractivity contribution in [2.45, 2.75) is 205 Å². The van der Waals surface area contributed by atoms with Crippen molar-refractivity contribution in [1.29, 1.82) is 0 Å².